The van der Waals surface area contributed by atoms with Crippen molar-refractivity contribution in [3.63, 3.8) is 0 Å². The van der Waals surface area contributed by atoms with Gasteiger partial charge in [0.25, 0.3) is 0 Å². The Balaban J connectivity index is 1.41. The predicted octanol–water partition coefficient (Wildman–Crippen LogP) is 1.88. The van der Waals surface area contributed by atoms with Gasteiger partial charge in [0.15, 0.2) is 0 Å². The van der Waals surface area contributed by atoms with Gasteiger partial charge in [-0.25, -0.2) is 13.1 Å². The summed E-state index contributed by atoms with van der Waals surface area (Å²) in [7, 11) is -2.03. The van der Waals surface area contributed by atoms with Crippen molar-refractivity contribution in [2.24, 2.45) is 5.92 Å². The van der Waals surface area contributed by atoms with Gasteiger partial charge < -0.3 is 9.64 Å². The van der Waals surface area contributed by atoms with E-state index in [0.717, 1.165) is 51.1 Å². The summed E-state index contributed by atoms with van der Waals surface area (Å²) in [4.78, 5) is 17.4. The average molecular weight is 438 g/mol. The molecule has 2 fully saturated rings. The summed E-state index contributed by atoms with van der Waals surface area (Å²) in [6, 6.07) is 6.75. The quantitative estimate of drug-likeness (QED) is 0.705. The summed E-state index contributed by atoms with van der Waals surface area (Å²) in [6.45, 7) is 9.03. The minimum atomic E-state index is -3.42. The summed E-state index contributed by atoms with van der Waals surface area (Å²) in [6.07, 6.45) is 3.79. The molecule has 0 aliphatic carbocycles. The highest BCUT2D eigenvalue weighted by Gasteiger charge is 2.27. The molecule has 0 spiro atoms. The first kappa shape index (κ1) is 23.2. The van der Waals surface area contributed by atoms with E-state index in [1.807, 2.05) is 4.90 Å². The number of benzene rings is 1. The Bertz CT molecular complexity index is 794. The fourth-order valence-corrected chi connectivity index (χ4v) is 5.26. The highest BCUT2D eigenvalue weighted by molar-refractivity contribution is 7.89. The number of sulfonamides is 1. The average Bonchev–Trinajstić information content (AvgIpc) is 2.72. The molecule has 2 aliphatic heterocycles. The van der Waals surface area contributed by atoms with Crippen molar-refractivity contribution >= 4 is 15.9 Å². The lowest BCUT2D eigenvalue weighted by molar-refractivity contribution is -0.132. The molecule has 30 heavy (non-hydrogen) atoms. The fourth-order valence-electron chi connectivity index (χ4n) is 4.53. The zero-order valence-corrected chi connectivity index (χ0v) is 19.2. The van der Waals surface area contributed by atoms with E-state index in [9.17, 15) is 13.2 Å². The van der Waals surface area contributed by atoms with Crippen LogP contribution >= 0.6 is 0 Å². The van der Waals surface area contributed by atoms with Gasteiger partial charge in [-0.3, -0.25) is 9.69 Å². The molecule has 0 bridgehead atoms. The molecule has 8 heteroatoms. The molecule has 7 nitrogen and oxygen atoms in total. The van der Waals surface area contributed by atoms with Crippen LogP contribution < -0.4 is 4.72 Å². The van der Waals surface area contributed by atoms with Crippen molar-refractivity contribution in [2.75, 3.05) is 39.8 Å². The number of carbonyl (C=O) groups is 1. The van der Waals surface area contributed by atoms with Crippen LogP contribution in [0.25, 0.3) is 0 Å². The van der Waals surface area contributed by atoms with E-state index in [1.54, 1.807) is 24.3 Å². The van der Waals surface area contributed by atoms with E-state index in [4.69, 9.17) is 4.74 Å². The van der Waals surface area contributed by atoms with Crippen LogP contribution in [0, 0.1) is 5.92 Å². The van der Waals surface area contributed by atoms with Crippen molar-refractivity contribution in [1.82, 2.24) is 14.5 Å². The van der Waals surface area contributed by atoms with Crippen LogP contribution in [-0.2, 0) is 26.0 Å². The molecule has 1 aromatic rings. The standard InChI is InChI=1S/C22H35N3O4S/c1-17-14-24(15-18(2)29-17)16-20-10-12-25(13-11-20)22(26)9-6-19-4-7-21(8-5-19)30(27,28)23-3/h4-5,7-8,17-18,20,23H,6,9-16H2,1-3H3. The van der Waals surface area contributed by atoms with Crippen LogP contribution in [0.3, 0.4) is 0 Å². The van der Waals surface area contributed by atoms with Crippen LogP contribution in [0.5, 0.6) is 0 Å². The van der Waals surface area contributed by atoms with Crippen LogP contribution in [0.15, 0.2) is 29.2 Å². The topological polar surface area (TPSA) is 79.0 Å². The number of likely N-dealkylation sites (tertiary alicyclic amines) is 1. The third-order valence-corrected chi connectivity index (χ3v) is 7.54. The van der Waals surface area contributed by atoms with Gasteiger partial charge in [0.2, 0.25) is 15.9 Å². The molecule has 2 atom stereocenters. The number of hydrogen-bond donors (Lipinski definition) is 1. The Kier molecular flexibility index (Phi) is 7.90. The summed E-state index contributed by atoms with van der Waals surface area (Å²) in [5.41, 5.74) is 0.976. The molecule has 1 amide bonds. The maximum atomic E-state index is 12.6. The minimum absolute atomic E-state index is 0.189. The Labute approximate surface area is 180 Å². The van der Waals surface area contributed by atoms with Crippen molar-refractivity contribution < 1.29 is 17.9 Å². The Morgan fingerprint density at radius 2 is 1.70 bits per heavy atom. The molecule has 0 saturated carbocycles. The molecule has 2 saturated heterocycles. The number of nitrogens with one attached hydrogen (secondary N) is 1. The predicted molar refractivity (Wildman–Crippen MR) is 117 cm³/mol. The molecule has 0 aromatic heterocycles. The second kappa shape index (κ2) is 10.2. The van der Waals surface area contributed by atoms with Crippen molar-refractivity contribution in [2.45, 2.75) is 56.6 Å². The zero-order chi connectivity index (χ0) is 21.7. The Hall–Kier alpha value is -1.48. The van der Waals surface area contributed by atoms with Crippen LogP contribution in [-0.4, -0.2) is 76.1 Å². The lowest BCUT2D eigenvalue weighted by Crippen LogP contribution is -2.48. The molecule has 2 heterocycles. The van der Waals surface area contributed by atoms with Gasteiger partial charge >= 0.3 is 0 Å². The SMILES string of the molecule is CNS(=O)(=O)c1ccc(CCC(=O)N2CCC(CN3CC(C)OC(C)C3)CC2)cc1. The van der Waals surface area contributed by atoms with Crippen molar-refractivity contribution in [1.29, 1.82) is 0 Å². The maximum Gasteiger partial charge on any atom is 0.240 e. The number of hydrogen-bond acceptors (Lipinski definition) is 5. The molecule has 2 aliphatic rings. The number of rotatable bonds is 7. The van der Waals surface area contributed by atoms with E-state index < -0.39 is 10.0 Å². The molecule has 0 radical (unpaired) electrons. The molecule has 1 aromatic carbocycles. The van der Waals surface area contributed by atoms with E-state index in [1.165, 1.54) is 7.05 Å². The molecular weight excluding hydrogens is 402 g/mol. The first-order valence-corrected chi connectivity index (χ1v) is 12.4. The summed E-state index contributed by atoms with van der Waals surface area (Å²) < 4.78 is 31.7. The van der Waals surface area contributed by atoms with Gasteiger partial charge in [0.1, 0.15) is 0 Å². The zero-order valence-electron chi connectivity index (χ0n) is 18.3. The molecule has 2 unspecified atom stereocenters. The lowest BCUT2D eigenvalue weighted by atomic mass is 9.95. The van der Waals surface area contributed by atoms with E-state index >= 15 is 0 Å². The van der Waals surface area contributed by atoms with Crippen molar-refractivity contribution in [3.05, 3.63) is 29.8 Å². The normalized spacial score (nSPS) is 24.2. The monoisotopic (exact) mass is 437 g/mol. The van der Waals surface area contributed by atoms with E-state index in [-0.39, 0.29) is 10.8 Å². The van der Waals surface area contributed by atoms with Gasteiger partial charge in [-0.2, -0.15) is 0 Å². The minimum Gasteiger partial charge on any atom is -0.373 e. The van der Waals surface area contributed by atoms with E-state index in [2.05, 4.69) is 23.5 Å². The first-order valence-electron chi connectivity index (χ1n) is 10.9. The molecule has 168 valence electrons. The Morgan fingerprint density at radius 1 is 1.10 bits per heavy atom. The second-order valence-corrected chi connectivity index (χ2v) is 10.5. The number of morpholine rings is 1. The Morgan fingerprint density at radius 3 is 2.27 bits per heavy atom. The van der Waals surface area contributed by atoms with Gasteiger partial charge in [-0.15, -0.1) is 0 Å². The highest BCUT2D eigenvalue weighted by atomic mass is 32.2. The largest absolute Gasteiger partial charge is 0.373 e. The first-order chi connectivity index (χ1) is 14.3. The number of piperidine rings is 1. The smallest absolute Gasteiger partial charge is 0.240 e. The number of amides is 1. The van der Waals surface area contributed by atoms with Gasteiger partial charge in [-0.05, 0) is 63.8 Å². The summed E-state index contributed by atoms with van der Waals surface area (Å²) in [5.74, 6) is 0.835. The molecule has 3 rings (SSSR count). The summed E-state index contributed by atoms with van der Waals surface area (Å²) in [5, 5.41) is 0. The van der Waals surface area contributed by atoms with Gasteiger partial charge in [0.05, 0.1) is 17.1 Å². The third kappa shape index (κ3) is 6.26. The maximum absolute atomic E-state index is 12.6. The fraction of sp³-hybridized carbons (Fsp3) is 0.682. The lowest BCUT2D eigenvalue weighted by Gasteiger charge is -2.39. The summed E-state index contributed by atoms with van der Waals surface area (Å²) >= 11 is 0. The van der Waals surface area contributed by atoms with Crippen LogP contribution in [0.1, 0.15) is 38.7 Å². The highest BCUT2D eigenvalue weighted by Crippen LogP contribution is 2.22. The second-order valence-electron chi connectivity index (χ2n) is 8.65. The number of nitrogens with zero attached hydrogens (tertiary/aromatic N) is 2. The molecular formula is C22H35N3O4S. The number of carbonyl (C=O) groups excluding carboxylic acids is 1. The van der Waals surface area contributed by atoms with Gasteiger partial charge in [-0.1, -0.05) is 12.1 Å². The number of ether oxygens (including phenoxy) is 1. The van der Waals surface area contributed by atoms with Crippen LogP contribution in [0.4, 0.5) is 0 Å². The number of aryl methyl sites for hydroxylation is 1. The third-order valence-electron chi connectivity index (χ3n) is 6.11. The molecule has 1 N–H and O–H groups in total. The van der Waals surface area contributed by atoms with E-state index in [0.29, 0.717) is 31.0 Å². The van der Waals surface area contributed by atoms with Crippen LogP contribution in [0.2, 0.25) is 0 Å². The van der Waals surface area contributed by atoms with Gasteiger partial charge in [0, 0.05) is 39.1 Å². The van der Waals surface area contributed by atoms with Crippen molar-refractivity contribution in [3.8, 4) is 0 Å².